The highest BCUT2D eigenvalue weighted by molar-refractivity contribution is 7.27. The van der Waals surface area contributed by atoms with Gasteiger partial charge in [0.1, 0.15) is 0 Å². The van der Waals surface area contributed by atoms with Crippen molar-refractivity contribution in [2.45, 2.75) is 5.41 Å². The number of rotatable bonds is 6. The first-order chi connectivity index (χ1) is 27.8. The van der Waals surface area contributed by atoms with Crippen molar-refractivity contribution in [3.05, 3.63) is 241 Å². The largest absolute Gasteiger partial charge is 0.134 e. The van der Waals surface area contributed by atoms with Gasteiger partial charge in [0.25, 0.3) is 0 Å². The Kier molecular flexibility index (Phi) is 7.69. The molecule has 262 valence electrons. The summed E-state index contributed by atoms with van der Waals surface area (Å²) in [6, 6.07) is 80.7. The normalized spacial score (nSPS) is 12.8. The first kappa shape index (κ1) is 32.6. The average Bonchev–Trinajstić information content (AvgIpc) is 3.81. The lowest BCUT2D eigenvalue weighted by molar-refractivity contribution is 0.768. The highest BCUT2D eigenvalue weighted by Crippen LogP contribution is 2.56. The van der Waals surface area contributed by atoms with Crippen molar-refractivity contribution < 1.29 is 0 Å². The van der Waals surface area contributed by atoms with Crippen LogP contribution in [-0.4, -0.2) is 0 Å². The van der Waals surface area contributed by atoms with Crippen molar-refractivity contribution in [1.29, 1.82) is 0 Å². The van der Waals surface area contributed by atoms with Gasteiger partial charge in [-0.1, -0.05) is 194 Å². The summed E-state index contributed by atoms with van der Waals surface area (Å²) < 4.78 is 2.63. The molecule has 1 aromatic heterocycles. The molecule has 0 bridgehead atoms. The molecule has 0 saturated heterocycles. The summed E-state index contributed by atoms with van der Waals surface area (Å²) in [4.78, 5) is 0. The molecule has 0 atom stereocenters. The third-order valence-corrected chi connectivity index (χ3v) is 13.0. The Hall–Kier alpha value is -6.80. The van der Waals surface area contributed by atoms with Gasteiger partial charge in [0.05, 0.1) is 5.41 Å². The molecule has 0 spiro atoms. The lowest BCUT2D eigenvalue weighted by atomic mass is 9.67. The van der Waals surface area contributed by atoms with Gasteiger partial charge in [-0.05, 0) is 91.0 Å². The van der Waals surface area contributed by atoms with Crippen molar-refractivity contribution in [3.8, 4) is 55.6 Å². The van der Waals surface area contributed by atoms with Crippen LogP contribution in [0.15, 0.2) is 218 Å². The molecule has 0 aliphatic heterocycles. The molecule has 0 amide bonds. The predicted octanol–water partition coefficient (Wildman–Crippen LogP) is 15.1. The number of hydrogen-bond acceptors (Lipinski definition) is 1. The first-order valence-corrected chi connectivity index (χ1v) is 20.2. The molecule has 1 aliphatic rings. The molecular weight excluding hydrogens is 693 g/mol. The third-order valence-electron chi connectivity index (χ3n) is 11.8. The second-order valence-corrected chi connectivity index (χ2v) is 15.8. The van der Waals surface area contributed by atoms with E-state index in [0.717, 1.165) is 0 Å². The van der Waals surface area contributed by atoms with Gasteiger partial charge >= 0.3 is 0 Å². The fourth-order valence-electron chi connectivity index (χ4n) is 9.23. The molecule has 11 rings (SSSR count). The fourth-order valence-corrected chi connectivity index (χ4v) is 10.6. The van der Waals surface area contributed by atoms with E-state index in [9.17, 15) is 0 Å². The van der Waals surface area contributed by atoms with E-state index in [4.69, 9.17) is 0 Å². The molecule has 1 heteroatoms. The number of thiophene rings is 1. The van der Waals surface area contributed by atoms with Gasteiger partial charge in [0.2, 0.25) is 0 Å². The average molecular weight is 729 g/mol. The van der Waals surface area contributed by atoms with Gasteiger partial charge in [0.15, 0.2) is 0 Å². The lowest BCUT2D eigenvalue weighted by Crippen LogP contribution is -2.28. The Morgan fingerprint density at radius 1 is 0.268 bits per heavy atom. The Morgan fingerprint density at radius 3 is 1.12 bits per heavy atom. The SMILES string of the molecule is c1ccc(-c2cc(-c3ccccc3)c3sc4c(-c5ccc(C6(c7ccccc7)c7ccccc7-c7ccccc76)cc5)cc(-c5ccccc5)cc4c3c2)cc1. The van der Waals surface area contributed by atoms with E-state index in [1.54, 1.807) is 0 Å². The van der Waals surface area contributed by atoms with Crippen molar-refractivity contribution in [2.24, 2.45) is 0 Å². The summed E-state index contributed by atoms with van der Waals surface area (Å²) in [6.45, 7) is 0. The van der Waals surface area contributed by atoms with Crippen LogP contribution in [0.3, 0.4) is 0 Å². The summed E-state index contributed by atoms with van der Waals surface area (Å²) in [7, 11) is 0. The van der Waals surface area contributed by atoms with Gasteiger partial charge in [0, 0.05) is 31.3 Å². The van der Waals surface area contributed by atoms with Crippen LogP contribution in [0, 0.1) is 0 Å². The monoisotopic (exact) mass is 728 g/mol. The topological polar surface area (TPSA) is 0 Å². The third kappa shape index (κ3) is 5.05. The van der Waals surface area contributed by atoms with Crippen molar-refractivity contribution in [3.63, 3.8) is 0 Å². The summed E-state index contributed by atoms with van der Waals surface area (Å²) >= 11 is 1.92. The Bertz CT molecular complexity index is 2990. The lowest BCUT2D eigenvalue weighted by Gasteiger charge is -2.34. The molecule has 0 N–H and O–H groups in total. The van der Waals surface area contributed by atoms with Gasteiger partial charge in [-0.15, -0.1) is 11.3 Å². The van der Waals surface area contributed by atoms with Crippen LogP contribution in [-0.2, 0) is 5.41 Å². The smallest absolute Gasteiger partial charge is 0.0713 e. The second kappa shape index (κ2) is 13.2. The maximum atomic E-state index is 2.42. The Morgan fingerprint density at radius 2 is 0.643 bits per heavy atom. The standard InChI is InChI=1S/C55H36S/c1-5-17-37(18-6-1)41-33-47(39-21-9-3-10-22-39)53-49(35-41)50-36-42(38-19-7-2-8-20-38)34-48(54(50)56-53)40-29-31-44(32-30-40)55(43-23-11-4-12-24-43)51-27-15-13-25-45(51)46-26-14-16-28-52(46)55/h1-36H. The van der Waals surface area contributed by atoms with Crippen LogP contribution in [0.1, 0.15) is 22.3 Å². The molecule has 0 unspecified atom stereocenters. The number of fused-ring (bicyclic) bond motifs is 6. The molecule has 1 aliphatic carbocycles. The zero-order valence-corrected chi connectivity index (χ0v) is 31.5. The van der Waals surface area contributed by atoms with Gasteiger partial charge in [-0.25, -0.2) is 0 Å². The number of hydrogen-bond donors (Lipinski definition) is 0. The quantitative estimate of drug-likeness (QED) is 0.160. The number of benzene rings is 9. The summed E-state index contributed by atoms with van der Waals surface area (Å²) in [6.07, 6.45) is 0. The second-order valence-electron chi connectivity index (χ2n) is 14.8. The van der Waals surface area contributed by atoms with Gasteiger partial charge < -0.3 is 0 Å². The minimum absolute atomic E-state index is 0.426. The van der Waals surface area contributed by atoms with Gasteiger partial charge in [-0.3, -0.25) is 0 Å². The fraction of sp³-hybridized carbons (Fsp3) is 0.0182. The van der Waals surface area contributed by atoms with E-state index in [0.29, 0.717) is 0 Å². The van der Waals surface area contributed by atoms with Gasteiger partial charge in [-0.2, -0.15) is 0 Å². The van der Waals surface area contributed by atoms with Crippen molar-refractivity contribution in [2.75, 3.05) is 0 Å². The summed E-state index contributed by atoms with van der Waals surface area (Å²) in [5.41, 5.74) is 17.3. The molecule has 56 heavy (non-hydrogen) atoms. The first-order valence-electron chi connectivity index (χ1n) is 19.3. The molecule has 1 heterocycles. The summed E-state index contributed by atoms with van der Waals surface area (Å²) in [5, 5.41) is 2.59. The molecule has 0 fully saturated rings. The zero-order valence-electron chi connectivity index (χ0n) is 30.7. The van der Waals surface area contributed by atoms with E-state index in [2.05, 4.69) is 218 Å². The molecular formula is C55H36S. The highest BCUT2D eigenvalue weighted by Gasteiger charge is 2.45. The Labute approximate surface area is 331 Å². The zero-order chi connectivity index (χ0) is 37.1. The maximum Gasteiger partial charge on any atom is 0.0713 e. The van der Waals surface area contributed by atoms with E-state index in [-0.39, 0.29) is 0 Å². The van der Waals surface area contributed by atoms with Crippen molar-refractivity contribution >= 4 is 31.5 Å². The highest BCUT2D eigenvalue weighted by atomic mass is 32.1. The summed E-state index contributed by atoms with van der Waals surface area (Å²) in [5.74, 6) is 0. The minimum Gasteiger partial charge on any atom is -0.134 e. The van der Waals surface area contributed by atoms with Crippen molar-refractivity contribution in [1.82, 2.24) is 0 Å². The molecule has 0 nitrogen and oxygen atoms in total. The minimum atomic E-state index is -0.426. The maximum absolute atomic E-state index is 2.42. The van der Waals surface area contributed by atoms with Crippen LogP contribution < -0.4 is 0 Å². The van der Waals surface area contributed by atoms with Crippen LogP contribution in [0.25, 0.3) is 75.8 Å². The van der Waals surface area contributed by atoms with E-state index in [1.165, 1.54) is 98.1 Å². The molecule has 9 aromatic carbocycles. The van der Waals surface area contributed by atoms with Crippen LogP contribution >= 0.6 is 11.3 Å². The van der Waals surface area contributed by atoms with Crippen LogP contribution in [0.4, 0.5) is 0 Å². The molecule has 0 saturated carbocycles. The van der Waals surface area contributed by atoms with E-state index < -0.39 is 5.41 Å². The predicted molar refractivity (Wildman–Crippen MR) is 238 cm³/mol. The van der Waals surface area contributed by atoms with Crippen LogP contribution in [0.2, 0.25) is 0 Å². The molecule has 0 radical (unpaired) electrons. The van der Waals surface area contributed by atoms with Crippen LogP contribution in [0.5, 0.6) is 0 Å². The van der Waals surface area contributed by atoms with E-state index >= 15 is 0 Å². The molecule has 10 aromatic rings. The Balaban J connectivity index is 1.17. The van der Waals surface area contributed by atoms with E-state index in [1.807, 2.05) is 11.3 Å².